The van der Waals surface area contributed by atoms with Gasteiger partial charge < -0.3 is 0 Å². The normalized spacial score (nSPS) is 23.1. The quantitative estimate of drug-likeness (QED) is 0.883. The molecule has 0 aromatic heterocycles. The highest BCUT2D eigenvalue weighted by Gasteiger charge is 2.39. The molecule has 1 fully saturated rings. The first-order chi connectivity index (χ1) is 8.08. The summed E-state index contributed by atoms with van der Waals surface area (Å²) in [5, 5.41) is 8.89. The molecular weight excluding hydrogens is 236 g/mol. The summed E-state index contributed by atoms with van der Waals surface area (Å²) in [6.07, 6.45) is 1.87. The first-order valence-electron chi connectivity index (χ1n) is 5.60. The third-order valence-corrected chi connectivity index (χ3v) is 4.60. The molecule has 0 amide bonds. The van der Waals surface area contributed by atoms with Crippen LogP contribution in [0.5, 0.6) is 0 Å². The second-order valence-electron chi connectivity index (χ2n) is 4.24. The Balaban J connectivity index is 2.24. The number of benzene rings is 1. The number of sulfonamides is 1. The van der Waals surface area contributed by atoms with E-state index in [0.29, 0.717) is 5.92 Å². The summed E-state index contributed by atoms with van der Waals surface area (Å²) in [5.41, 5.74) is 0.189. The van der Waals surface area contributed by atoms with Crippen LogP contribution in [-0.2, 0) is 10.0 Å². The van der Waals surface area contributed by atoms with Crippen LogP contribution in [0, 0.1) is 17.2 Å². The van der Waals surface area contributed by atoms with E-state index in [2.05, 4.69) is 4.72 Å². The second-order valence-corrected chi connectivity index (χ2v) is 5.92. The molecule has 1 saturated carbocycles. The summed E-state index contributed by atoms with van der Waals surface area (Å²) in [4.78, 5) is 0.0734. The van der Waals surface area contributed by atoms with E-state index < -0.39 is 10.0 Å². The zero-order chi connectivity index (χ0) is 12.5. The Labute approximate surface area is 101 Å². The predicted molar refractivity (Wildman–Crippen MR) is 63.7 cm³/mol. The van der Waals surface area contributed by atoms with Crippen LogP contribution in [-0.4, -0.2) is 14.5 Å². The van der Waals surface area contributed by atoms with Crippen molar-refractivity contribution in [2.45, 2.75) is 30.7 Å². The summed E-state index contributed by atoms with van der Waals surface area (Å²) < 4.78 is 26.8. The van der Waals surface area contributed by atoms with Crippen LogP contribution in [0.4, 0.5) is 0 Å². The Hall–Kier alpha value is -1.38. The van der Waals surface area contributed by atoms with Crippen molar-refractivity contribution in [3.63, 3.8) is 0 Å². The van der Waals surface area contributed by atoms with Crippen molar-refractivity contribution in [1.29, 1.82) is 5.26 Å². The van der Waals surface area contributed by atoms with Crippen LogP contribution >= 0.6 is 0 Å². The smallest absolute Gasteiger partial charge is 0.208 e. The molecule has 1 aliphatic carbocycles. The van der Waals surface area contributed by atoms with Gasteiger partial charge in [0, 0.05) is 6.04 Å². The largest absolute Gasteiger partial charge is 0.242 e. The van der Waals surface area contributed by atoms with E-state index in [4.69, 9.17) is 5.26 Å². The molecule has 4 nitrogen and oxygen atoms in total. The zero-order valence-electron chi connectivity index (χ0n) is 9.55. The summed E-state index contributed by atoms with van der Waals surface area (Å²) in [6, 6.07) is 8.20. The molecule has 5 heteroatoms. The highest BCUT2D eigenvalue weighted by molar-refractivity contribution is 7.89. The molecule has 0 saturated heterocycles. The van der Waals surface area contributed by atoms with Crippen molar-refractivity contribution in [2.75, 3.05) is 0 Å². The molecular formula is C12H14N2O2S. The lowest BCUT2D eigenvalue weighted by Crippen LogP contribution is -2.27. The first kappa shape index (κ1) is 12.1. The van der Waals surface area contributed by atoms with E-state index in [0.717, 1.165) is 12.8 Å². The lowest BCUT2D eigenvalue weighted by molar-refractivity contribution is 0.575. The molecule has 0 heterocycles. The number of nitrogens with zero attached hydrogens (tertiary/aromatic N) is 1. The van der Waals surface area contributed by atoms with Crippen LogP contribution in [0.15, 0.2) is 29.2 Å². The second kappa shape index (κ2) is 4.47. The molecule has 2 unspecified atom stereocenters. The molecule has 0 spiro atoms. The van der Waals surface area contributed by atoms with Gasteiger partial charge in [-0.15, -0.1) is 0 Å². The van der Waals surface area contributed by atoms with Gasteiger partial charge >= 0.3 is 0 Å². The van der Waals surface area contributed by atoms with Crippen LogP contribution in [0.2, 0.25) is 0 Å². The van der Waals surface area contributed by atoms with E-state index in [1.165, 1.54) is 12.1 Å². The number of hydrogen-bond donors (Lipinski definition) is 1. The average Bonchev–Trinajstić information content (AvgIpc) is 3.06. The third kappa shape index (κ3) is 2.48. The van der Waals surface area contributed by atoms with Gasteiger partial charge in [0.05, 0.1) is 10.5 Å². The predicted octanol–water partition coefficient (Wildman–Crippen LogP) is 1.64. The summed E-state index contributed by atoms with van der Waals surface area (Å²) in [7, 11) is -3.56. The Morgan fingerprint density at radius 3 is 2.76 bits per heavy atom. The number of rotatable bonds is 4. The van der Waals surface area contributed by atoms with Gasteiger partial charge in [-0.25, -0.2) is 13.1 Å². The van der Waals surface area contributed by atoms with Gasteiger partial charge in [-0.3, -0.25) is 0 Å². The van der Waals surface area contributed by atoms with Crippen molar-refractivity contribution in [3.05, 3.63) is 29.8 Å². The molecule has 0 radical (unpaired) electrons. The summed E-state index contributed by atoms with van der Waals surface area (Å²) in [5.74, 6) is 0.444. The van der Waals surface area contributed by atoms with Gasteiger partial charge in [-0.1, -0.05) is 25.5 Å². The minimum atomic E-state index is -3.56. The van der Waals surface area contributed by atoms with Crippen LogP contribution in [0.3, 0.4) is 0 Å². The lowest BCUT2D eigenvalue weighted by atomic mass is 10.2. The van der Waals surface area contributed by atoms with Gasteiger partial charge in [0.25, 0.3) is 0 Å². The summed E-state index contributed by atoms with van der Waals surface area (Å²) >= 11 is 0. The molecule has 0 aliphatic heterocycles. The highest BCUT2D eigenvalue weighted by atomic mass is 32.2. The van der Waals surface area contributed by atoms with Gasteiger partial charge in [0.2, 0.25) is 10.0 Å². The fourth-order valence-electron chi connectivity index (χ4n) is 1.90. The van der Waals surface area contributed by atoms with E-state index in [-0.39, 0.29) is 16.5 Å². The minimum Gasteiger partial charge on any atom is -0.208 e. The fraction of sp³-hybridized carbons (Fsp3) is 0.417. The molecule has 2 rings (SSSR count). The number of nitriles is 1. The minimum absolute atomic E-state index is 0.0387. The van der Waals surface area contributed by atoms with Gasteiger partial charge in [0.15, 0.2) is 0 Å². The molecule has 90 valence electrons. The van der Waals surface area contributed by atoms with Crippen molar-refractivity contribution in [2.24, 2.45) is 5.92 Å². The van der Waals surface area contributed by atoms with Crippen molar-refractivity contribution in [3.8, 4) is 6.07 Å². The van der Waals surface area contributed by atoms with Gasteiger partial charge in [0.1, 0.15) is 6.07 Å². The molecule has 1 aliphatic rings. The standard InChI is InChI=1S/C12H14N2O2S/c1-2-9-7-11(9)14-17(15,16)12-6-4-3-5-10(12)8-13/h3-6,9,11,14H,2,7H2,1H3. The number of hydrogen-bond acceptors (Lipinski definition) is 3. The molecule has 17 heavy (non-hydrogen) atoms. The van der Waals surface area contributed by atoms with Crippen molar-refractivity contribution >= 4 is 10.0 Å². The maximum absolute atomic E-state index is 12.1. The molecule has 0 bridgehead atoms. The molecule has 2 atom stereocenters. The maximum Gasteiger partial charge on any atom is 0.242 e. The van der Waals surface area contributed by atoms with Crippen LogP contribution < -0.4 is 4.72 Å². The van der Waals surface area contributed by atoms with Crippen LogP contribution in [0.1, 0.15) is 25.3 Å². The fourth-order valence-corrected chi connectivity index (χ4v) is 3.37. The Kier molecular flexibility index (Phi) is 3.18. The van der Waals surface area contributed by atoms with Crippen molar-refractivity contribution in [1.82, 2.24) is 4.72 Å². The maximum atomic E-state index is 12.1. The van der Waals surface area contributed by atoms with E-state index in [1.807, 2.05) is 13.0 Å². The van der Waals surface area contributed by atoms with Crippen LogP contribution in [0.25, 0.3) is 0 Å². The van der Waals surface area contributed by atoms with Crippen molar-refractivity contribution < 1.29 is 8.42 Å². The van der Waals surface area contributed by atoms with Gasteiger partial charge in [-0.2, -0.15) is 5.26 Å². The topological polar surface area (TPSA) is 70.0 Å². The third-order valence-electron chi connectivity index (χ3n) is 3.05. The van der Waals surface area contributed by atoms with E-state index >= 15 is 0 Å². The molecule has 1 N–H and O–H groups in total. The Morgan fingerprint density at radius 2 is 2.18 bits per heavy atom. The zero-order valence-corrected chi connectivity index (χ0v) is 10.4. The molecule has 1 aromatic carbocycles. The SMILES string of the molecule is CCC1CC1NS(=O)(=O)c1ccccc1C#N. The monoisotopic (exact) mass is 250 g/mol. The Bertz CT molecular complexity index is 560. The highest BCUT2D eigenvalue weighted by Crippen LogP contribution is 2.34. The summed E-state index contributed by atoms with van der Waals surface area (Å²) in [6.45, 7) is 2.04. The Morgan fingerprint density at radius 1 is 1.47 bits per heavy atom. The van der Waals surface area contributed by atoms with Gasteiger partial charge in [-0.05, 0) is 24.5 Å². The average molecular weight is 250 g/mol. The first-order valence-corrected chi connectivity index (χ1v) is 7.08. The number of nitrogens with one attached hydrogen (secondary N) is 1. The van der Waals surface area contributed by atoms with E-state index in [1.54, 1.807) is 12.1 Å². The molecule has 1 aromatic rings. The lowest BCUT2D eigenvalue weighted by Gasteiger charge is -2.07. The van der Waals surface area contributed by atoms with E-state index in [9.17, 15) is 8.42 Å².